The average molecular weight is 960 g/mol. The number of rotatable bonds is 13. The number of carbonyl (C=O) groups is 2. The van der Waals surface area contributed by atoms with Gasteiger partial charge in [0, 0.05) is 98.7 Å². The Morgan fingerprint density at radius 3 is 2.33 bits per heavy atom. The minimum Gasteiger partial charge on any atom is -0.494 e. The maximum Gasteiger partial charge on any atom is 0.234 e. The zero-order chi connectivity index (χ0) is 45.3. The van der Waals surface area contributed by atoms with Crippen LogP contribution in [0.4, 0.5) is 37.6 Å². The third kappa shape index (κ3) is 9.92. The first kappa shape index (κ1) is 45.5. The lowest BCUT2D eigenvalue weighted by Gasteiger charge is -2.43. The van der Waals surface area contributed by atoms with Gasteiger partial charge in [0.1, 0.15) is 36.2 Å². The Labute approximate surface area is 380 Å². The molecule has 5 heterocycles. The Balaban J connectivity index is 0.872. The van der Waals surface area contributed by atoms with Crippen LogP contribution in [0.1, 0.15) is 61.0 Å². The fourth-order valence-electron chi connectivity index (χ4n) is 9.28. The molecule has 3 fully saturated rings. The van der Waals surface area contributed by atoms with Gasteiger partial charge in [-0.05, 0) is 110 Å². The fraction of sp³-hybridized carbons (Fsp3) is 0.435. The average Bonchev–Trinajstić information content (AvgIpc) is 3.27. The van der Waals surface area contributed by atoms with E-state index in [0.717, 1.165) is 80.8 Å². The summed E-state index contributed by atoms with van der Waals surface area (Å²) in [5.41, 5.74) is 4.76. The molecule has 1 atom stereocenters. The number of aryl methyl sites for hydroxylation is 2. The lowest BCUT2D eigenvalue weighted by Crippen LogP contribution is -2.53. The topological polar surface area (TPSA) is 158 Å². The predicted molar refractivity (Wildman–Crippen MR) is 250 cm³/mol. The summed E-state index contributed by atoms with van der Waals surface area (Å²) >= 11 is 3.60. The highest BCUT2D eigenvalue weighted by Gasteiger charge is 2.33. The molecule has 338 valence electrons. The van der Waals surface area contributed by atoms with Gasteiger partial charge in [-0.3, -0.25) is 19.8 Å². The minimum absolute atomic E-state index is 0.0634. The van der Waals surface area contributed by atoms with Gasteiger partial charge in [0.2, 0.25) is 17.8 Å². The Morgan fingerprint density at radius 1 is 0.922 bits per heavy atom. The van der Waals surface area contributed by atoms with Crippen molar-refractivity contribution in [3.63, 3.8) is 0 Å². The van der Waals surface area contributed by atoms with Crippen LogP contribution in [0.2, 0.25) is 0 Å². The third-order valence-corrected chi connectivity index (χ3v) is 14.7. The lowest BCUT2D eigenvalue weighted by atomic mass is 9.89. The first-order valence-electron chi connectivity index (χ1n) is 21.8. The summed E-state index contributed by atoms with van der Waals surface area (Å²) in [5.74, 6) is -1.35. The zero-order valence-corrected chi connectivity index (χ0v) is 39.3. The number of fused-ring (bicyclic) bond motifs is 1. The lowest BCUT2D eigenvalue weighted by molar-refractivity contribution is -0.134. The van der Waals surface area contributed by atoms with E-state index in [1.54, 1.807) is 32.8 Å². The molecule has 0 spiro atoms. The van der Waals surface area contributed by atoms with Crippen LogP contribution < -0.4 is 30.9 Å². The van der Waals surface area contributed by atoms with Crippen molar-refractivity contribution >= 4 is 79.9 Å². The molecular weight excluding hydrogens is 905 g/mol. The van der Waals surface area contributed by atoms with Crippen molar-refractivity contribution in [1.29, 1.82) is 0 Å². The van der Waals surface area contributed by atoms with Crippen LogP contribution in [0.5, 0.6) is 5.75 Å². The summed E-state index contributed by atoms with van der Waals surface area (Å²) in [4.78, 5) is 49.5. The molecule has 0 bridgehead atoms. The van der Waals surface area contributed by atoms with Crippen molar-refractivity contribution in [3.8, 4) is 5.75 Å². The van der Waals surface area contributed by atoms with Gasteiger partial charge in [0.15, 0.2) is 0 Å². The molecule has 2 amide bonds. The predicted octanol–water partition coefficient (Wildman–Crippen LogP) is 7.42. The van der Waals surface area contributed by atoms with Crippen LogP contribution in [0.25, 0.3) is 10.9 Å². The van der Waals surface area contributed by atoms with Crippen LogP contribution >= 0.6 is 23.1 Å². The smallest absolute Gasteiger partial charge is 0.234 e. The van der Waals surface area contributed by atoms with Crippen LogP contribution in [0.15, 0.2) is 53.3 Å². The molecule has 3 aliphatic heterocycles. The van der Waals surface area contributed by atoms with Gasteiger partial charge in [-0.15, -0.1) is 0 Å². The summed E-state index contributed by atoms with van der Waals surface area (Å²) in [7, 11) is -1.12. The number of halogens is 3. The second kappa shape index (κ2) is 19.2. The maximum absolute atomic E-state index is 15.1. The van der Waals surface area contributed by atoms with E-state index in [-0.39, 0.29) is 18.4 Å². The molecule has 8 rings (SSSR count). The first-order valence-corrected chi connectivity index (χ1v) is 25.2. The number of nitrogens with one attached hydrogen (secondary N) is 3. The first-order chi connectivity index (χ1) is 30.7. The van der Waals surface area contributed by atoms with E-state index < -0.39 is 36.5 Å². The third-order valence-electron chi connectivity index (χ3n) is 12.6. The number of imide groups is 1. The normalized spacial score (nSPS) is 18.1. The highest BCUT2D eigenvalue weighted by atomic mass is 79.9. The number of piperidine rings is 2. The Bertz CT molecular complexity index is 2610. The highest BCUT2D eigenvalue weighted by Crippen LogP contribution is 2.42. The fourth-order valence-corrected chi connectivity index (χ4v) is 11.0. The summed E-state index contributed by atoms with van der Waals surface area (Å²) in [6, 6.07) is 11.1. The number of hydrogen-bond acceptors (Lipinski definition) is 13. The molecule has 18 heteroatoms. The number of ether oxygens (including phenoxy) is 1. The van der Waals surface area contributed by atoms with Crippen molar-refractivity contribution in [2.24, 2.45) is 0 Å². The van der Waals surface area contributed by atoms with Gasteiger partial charge < -0.3 is 29.7 Å². The monoisotopic (exact) mass is 958 g/mol. The number of piperazine rings is 1. The molecule has 14 nitrogen and oxygen atoms in total. The van der Waals surface area contributed by atoms with Crippen molar-refractivity contribution in [2.75, 3.05) is 81.8 Å². The van der Waals surface area contributed by atoms with E-state index in [1.165, 1.54) is 17.7 Å². The van der Waals surface area contributed by atoms with E-state index in [1.807, 2.05) is 19.1 Å². The summed E-state index contributed by atoms with van der Waals surface area (Å²) in [5, 5.41) is 10.4. The van der Waals surface area contributed by atoms with E-state index in [0.29, 0.717) is 63.4 Å². The van der Waals surface area contributed by atoms with Gasteiger partial charge in [-0.25, -0.2) is 23.7 Å². The molecule has 64 heavy (non-hydrogen) atoms. The second-order valence-corrected chi connectivity index (χ2v) is 21.2. The van der Waals surface area contributed by atoms with Crippen LogP contribution in [-0.2, 0) is 27.0 Å². The van der Waals surface area contributed by atoms with Crippen LogP contribution in [0.3, 0.4) is 0 Å². The van der Waals surface area contributed by atoms with Gasteiger partial charge in [0.25, 0.3) is 0 Å². The van der Waals surface area contributed by atoms with E-state index >= 15 is 8.78 Å². The summed E-state index contributed by atoms with van der Waals surface area (Å²) < 4.78 is 50.4. The molecule has 1 unspecified atom stereocenters. The molecule has 2 aromatic heterocycles. The molecule has 0 aliphatic carbocycles. The van der Waals surface area contributed by atoms with Crippen molar-refractivity contribution in [2.45, 2.75) is 64.3 Å². The van der Waals surface area contributed by atoms with E-state index in [4.69, 9.17) is 9.72 Å². The van der Waals surface area contributed by atoms with Gasteiger partial charge in [-0.1, -0.05) is 6.92 Å². The molecule has 3 N–H and O–H groups in total. The number of anilines is 5. The molecule has 3 aromatic carbocycles. The van der Waals surface area contributed by atoms with Crippen molar-refractivity contribution in [3.05, 3.63) is 87.4 Å². The van der Waals surface area contributed by atoms with Gasteiger partial charge >= 0.3 is 0 Å². The Hall–Kier alpha value is -5.09. The molecule has 5 aromatic rings. The summed E-state index contributed by atoms with van der Waals surface area (Å²) in [6.45, 7) is 13.6. The number of amides is 2. The quantitative estimate of drug-likeness (QED) is 0.0792. The minimum atomic E-state index is -2.78. The Kier molecular flexibility index (Phi) is 13.6. The zero-order valence-electron chi connectivity index (χ0n) is 36.8. The van der Waals surface area contributed by atoms with Crippen LogP contribution in [0, 0.1) is 18.6 Å². The summed E-state index contributed by atoms with van der Waals surface area (Å²) in [6.07, 6.45) is 6.94. The Morgan fingerprint density at radius 2 is 1.66 bits per heavy atom. The standard InChI is InChI=1S/C46H54BrF2N10O4P/c1-6-29-23-38(54-46-51-26-33(47)44(56-46)53-37-9-8-36-32(25-50-27(2)52-36)43(37)64(4,5)62)40(63-3)24-39(29)59-15-12-30(13-16-59)58-19-17-57(18-20-58)14-11-28-21-34(48)42(35(49)22-28)31-7-10-41(60)55-45(31)61/h8-9,21-26,30-31H,6-7,10-20H2,1-5H3,(H,55,60,61)(H2,51,53,54,56). The van der Waals surface area contributed by atoms with Gasteiger partial charge in [-0.2, -0.15) is 4.98 Å². The number of aromatic nitrogens is 4. The molecule has 0 saturated carbocycles. The second-order valence-electron chi connectivity index (χ2n) is 17.2. The SMILES string of the molecule is CCc1cc(Nc2ncc(Br)c(Nc3ccc4nc(C)ncc4c3P(C)(C)=O)n2)c(OC)cc1N1CCC(N2CCN(CCc3cc(F)c(C4CCC(=O)NC4=O)c(F)c3)CC2)CC1. The van der Waals surface area contributed by atoms with Crippen molar-refractivity contribution in [1.82, 2.24) is 35.1 Å². The van der Waals surface area contributed by atoms with E-state index in [2.05, 4.69) is 80.6 Å². The number of hydrogen-bond donors (Lipinski definition) is 3. The van der Waals surface area contributed by atoms with Crippen molar-refractivity contribution < 1.29 is 27.7 Å². The molecule has 0 radical (unpaired) electrons. The van der Waals surface area contributed by atoms with Gasteiger partial charge in [0.05, 0.1) is 34.4 Å². The largest absolute Gasteiger partial charge is 0.494 e. The number of benzene rings is 3. The molecule has 3 aliphatic rings. The van der Waals surface area contributed by atoms with E-state index in [9.17, 15) is 14.2 Å². The number of methoxy groups -OCH3 is 1. The molecule has 3 saturated heterocycles. The maximum atomic E-state index is 15.1. The molecular formula is C46H54BrF2N10O4P. The number of carbonyl (C=O) groups excluding carboxylic acids is 2. The van der Waals surface area contributed by atoms with Crippen LogP contribution in [-0.4, -0.2) is 114 Å². The highest BCUT2D eigenvalue weighted by molar-refractivity contribution is 9.10. The number of nitrogens with zero attached hydrogens (tertiary/aromatic N) is 7.